The quantitative estimate of drug-likeness (QED) is 0.540. The van der Waals surface area contributed by atoms with Crippen molar-refractivity contribution in [2.75, 3.05) is 0 Å². The molecule has 3 aromatic rings. The maximum Gasteiger partial charge on any atom is 0.339 e. The van der Waals surface area contributed by atoms with Gasteiger partial charge < -0.3 is 4.74 Å². The highest BCUT2D eigenvalue weighted by Crippen LogP contribution is 2.26. The van der Waals surface area contributed by atoms with Crippen molar-refractivity contribution in [3.8, 4) is 22.8 Å². The summed E-state index contributed by atoms with van der Waals surface area (Å²) in [5, 5.41) is 4.57. The summed E-state index contributed by atoms with van der Waals surface area (Å²) in [5.41, 5.74) is 2.85. The molecule has 0 bridgehead atoms. The third kappa shape index (κ3) is 3.21. The highest BCUT2D eigenvalue weighted by molar-refractivity contribution is 5.88. The van der Waals surface area contributed by atoms with E-state index in [1.165, 1.54) is 0 Å². The number of para-hydroxylation sites is 1. The lowest BCUT2D eigenvalue weighted by Gasteiger charge is -2.07. The van der Waals surface area contributed by atoms with E-state index in [1.807, 2.05) is 60.7 Å². The number of rotatable bonds is 4. The van der Waals surface area contributed by atoms with Gasteiger partial charge in [0.25, 0.3) is 0 Å². The first-order chi connectivity index (χ1) is 11.1. The van der Waals surface area contributed by atoms with Crippen molar-refractivity contribution < 1.29 is 9.53 Å². The minimum Gasteiger partial charge on any atom is -0.404 e. The van der Waals surface area contributed by atoms with Crippen molar-refractivity contribution in [1.29, 1.82) is 0 Å². The minimum atomic E-state index is -0.471. The first kappa shape index (κ1) is 14.8. The molecule has 0 saturated carbocycles. The van der Waals surface area contributed by atoms with Gasteiger partial charge >= 0.3 is 5.97 Å². The SMILES string of the molecule is C=C(C)C(=O)Oc1cc(-c2ccccc2)nn1-c1ccccc1. The number of hydrogen-bond donors (Lipinski definition) is 0. The van der Waals surface area contributed by atoms with E-state index in [2.05, 4.69) is 11.7 Å². The molecule has 0 aliphatic carbocycles. The van der Waals surface area contributed by atoms with Crippen LogP contribution in [0.15, 0.2) is 78.9 Å². The Kier molecular flexibility index (Phi) is 4.06. The fourth-order valence-corrected chi connectivity index (χ4v) is 2.12. The summed E-state index contributed by atoms with van der Waals surface area (Å²) in [4.78, 5) is 11.9. The standard InChI is InChI=1S/C19H16N2O2/c1-14(2)19(22)23-18-13-17(15-9-5-3-6-10-15)20-21(18)16-11-7-4-8-12-16/h3-13H,1H2,2H3. The fraction of sp³-hybridized carbons (Fsp3) is 0.0526. The maximum absolute atomic E-state index is 11.9. The second-order valence-electron chi connectivity index (χ2n) is 5.15. The number of carbonyl (C=O) groups excluding carboxylic acids is 1. The molecule has 0 radical (unpaired) electrons. The molecule has 4 nitrogen and oxygen atoms in total. The van der Waals surface area contributed by atoms with Crippen LogP contribution in [-0.2, 0) is 4.79 Å². The Labute approximate surface area is 134 Å². The molecular weight excluding hydrogens is 288 g/mol. The predicted molar refractivity (Wildman–Crippen MR) is 89.4 cm³/mol. The van der Waals surface area contributed by atoms with Crippen LogP contribution in [0.25, 0.3) is 16.9 Å². The number of benzene rings is 2. The Hall–Kier alpha value is -3.14. The van der Waals surface area contributed by atoms with Crippen LogP contribution in [0.3, 0.4) is 0 Å². The lowest BCUT2D eigenvalue weighted by Crippen LogP contribution is -2.11. The van der Waals surface area contributed by atoms with Crippen LogP contribution < -0.4 is 4.74 Å². The lowest BCUT2D eigenvalue weighted by molar-refractivity contribution is -0.130. The molecular formula is C19H16N2O2. The van der Waals surface area contributed by atoms with Crippen LogP contribution >= 0.6 is 0 Å². The number of nitrogens with zero attached hydrogens (tertiary/aromatic N) is 2. The largest absolute Gasteiger partial charge is 0.404 e. The van der Waals surface area contributed by atoms with Crippen molar-refractivity contribution in [2.24, 2.45) is 0 Å². The molecule has 0 aliphatic rings. The van der Waals surface area contributed by atoms with E-state index in [9.17, 15) is 4.79 Å². The first-order valence-electron chi connectivity index (χ1n) is 7.24. The van der Waals surface area contributed by atoms with E-state index >= 15 is 0 Å². The molecule has 0 saturated heterocycles. The summed E-state index contributed by atoms with van der Waals surface area (Å²) in [7, 11) is 0. The van der Waals surface area contributed by atoms with Gasteiger partial charge in [-0.2, -0.15) is 5.10 Å². The Morgan fingerprint density at radius 1 is 1.04 bits per heavy atom. The van der Waals surface area contributed by atoms with Crippen molar-refractivity contribution in [3.63, 3.8) is 0 Å². The Morgan fingerprint density at radius 3 is 2.26 bits per heavy atom. The molecule has 0 aliphatic heterocycles. The van der Waals surface area contributed by atoms with E-state index < -0.39 is 5.97 Å². The summed E-state index contributed by atoms with van der Waals surface area (Å²) < 4.78 is 7.04. The molecule has 2 aromatic carbocycles. The normalized spacial score (nSPS) is 10.3. The van der Waals surface area contributed by atoms with Crippen LogP contribution in [0, 0.1) is 0 Å². The summed E-state index contributed by atoms with van der Waals surface area (Å²) >= 11 is 0. The predicted octanol–water partition coefficient (Wildman–Crippen LogP) is 4.02. The smallest absolute Gasteiger partial charge is 0.339 e. The second-order valence-corrected chi connectivity index (χ2v) is 5.15. The van der Waals surface area contributed by atoms with E-state index in [-0.39, 0.29) is 0 Å². The van der Waals surface area contributed by atoms with Gasteiger partial charge in [-0.05, 0) is 19.1 Å². The lowest BCUT2D eigenvalue weighted by atomic mass is 10.2. The number of esters is 1. The Balaban J connectivity index is 2.07. The zero-order chi connectivity index (χ0) is 16.2. The summed E-state index contributed by atoms with van der Waals surface area (Å²) in [6, 6.07) is 21.0. The number of aromatic nitrogens is 2. The van der Waals surface area contributed by atoms with Gasteiger partial charge in [0.15, 0.2) is 0 Å². The van der Waals surface area contributed by atoms with Crippen LogP contribution in [0.4, 0.5) is 0 Å². The molecule has 1 aromatic heterocycles. The molecule has 114 valence electrons. The fourth-order valence-electron chi connectivity index (χ4n) is 2.12. The van der Waals surface area contributed by atoms with E-state index in [1.54, 1.807) is 17.7 Å². The summed E-state index contributed by atoms with van der Waals surface area (Å²) in [6.07, 6.45) is 0. The van der Waals surface area contributed by atoms with Crippen molar-refractivity contribution in [1.82, 2.24) is 9.78 Å². The molecule has 0 spiro atoms. The van der Waals surface area contributed by atoms with Gasteiger partial charge in [0.2, 0.25) is 5.88 Å². The van der Waals surface area contributed by atoms with E-state index in [0.29, 0.717) is 11.5 Å². The molecule has 0 N–H and O–H groups in total. The van der Waals surface area contributed by atoms with Crippen LogP contribution in [-0.4, -0.2) is 15.7 Å². The monoisotopic (exact) mass is 304 g/mol. The third-order valence-corrected chi connectivity index (χ3v) is 3.29. The maximum atomic E-state index is 11.9. The van der Waals surface area contributed by atoms with Gasteiger partial charge in [-0.1, -0.05) is 55.1 Å². The third-order valence-electron chi connectivity index (χ3n) is 3.29. The van der Waals surface area contributed by atoms with Crippen LogP contribution in [0.2, 0.25) is 0 Å². The van der Waals surface area contributed by atoms with Crippen molar-refractivity contribution in [2.45, 2.75) is 6.92 Å². The van der Waals surface area contributed by atoms with E-state index in [4.69, 9.17) is 4.74 Å². The first-order valence-corrected chi connectivity index (χ1v) is 7.24. The zero-order valence-electron chi connectivity index (χ0n) is 12.8. The van der Waals surface area contributed by atoms with Crippen LogP contribution in [0.1, 0.15) is 6.92 Å². The van der Waals surface area contributed by atoms with Gasteiger partial charge in [-0.15, -0.1) is 0 Å². The van der Waals surface area contributed by atoms with E-state index in [0.717, 1.165) is 16.9 Å². The van der Waals surface area contributed by atoms with Crippen LogP contribution in [0.5, 0.6) is 5.88 Å². The van der Waals surface area contributed by atoms with Gasteiger partial charge in [-0.3, -0.25) is 0 Å². The average Bonchev–Trinajstić information content (AvgIpc) is 3.00. The summed E-state index contributed by atoms with van der Waals surface area (Å²) in [6.45, 7) is 5.23. The molecule has 23 heavy (non-hydrogen) atoms. The van der Waals surface area contributed by atoms with Gasteiger partial charge in [0.1, 0.15) is 0 Å². The molecule has 4 heteroatoms. The zero-order valence-corrected chi connectivity index (χ0v) is 12.8. The molecule has 0 atom stereocenters. The Bertz CT molecular complexity index is 836. The highest BCUT2D eigenvalue weighted by atomic mass is 16.5. The Morgan fingerprint density at radius 2 is 1.65 bits per heavy atom. The molecule has 0 amide bonds. The topological polar surface area (TPSA) is 44.1 Å². The molecule has 0 unspecified atom stereocenters. The number of ether oxygens (including phenoxy) is 1. The van der Waals surface area contributed by atoms with Gasteiger partial charge in [0, 0.05) is 17.2 Å². The van der Waals surface area contributed by atoms with Crippen molar-refractivity contribution in [3.05, 3.63) is 78.9 Å². The number of hydrogen-bond acceptors (Lipinski definition) is 3. The average molecular weight is 304 g/mol. The molecule has 0 fully saturated rings. The minimum absolute atomic E-state index is 0.340. The van der Waals surface area contributed by atoms with Gasteiger partial charge in [-0.25, -0.2) is 9.48 Å². The van der Waals surface area contributed by atoms with Crippen molar-refractivity contribution >= 4 is 5.97 Å². The second kappa shape index (κ2) is 6.32. The highest BCUT2D eigenvalue weighted by Gasteiger charge is 2.15. The molecule has 1 heterocycles. The number of carbonyl (C=O) groups is 1. The summed E-state index contributed by atoms with van der Waals surface area (Å²) in [5.74, 6) is -0.107. The molecule has 3 rings (SSSR count). The van der Waals surface area contributed by atoms with Gasteiger partial charge in [0.05, 0.1) is 11.4 Å².